The average molecular weight is 521 g/mol. The number of halogens is 3. The lowest BCUT2D eigenvalue weighted by Gasteiger charge is -2.19. The van der Waals surface area contributed by atoms with Gasteiger partial charge in [0.1, 0.15) is 11.5 Å². The number of ether oxygens (including phenoxy) is 3. The summed E-state index contributed by atoms with van der Waals surface area (Å²) in [6.45, 7) is 4.11. The quantitative estimate of drug-likeness (QED) is 0.250. The highest BCUT2D eigenvalue weighted by atomic mass is 32.2. The molecule has 9 heteroatoms. The Morgan fingerprint density at radius 3 is 2.42 bits per heavy atom. The molecule has 0 bridgehead atoms. The van der Waals surface area contributed by atoms with Crippen LogP contribution in [0, 0.1) is 0 Å². The van der Waals surface area contributed by atoms with Crippen LogP contribution in [0.25, 0.3) is 0 Å². The van der Waals surface area contributed by atoms with Gasteiger partial charge in [0.15, 0.2) is 11.5 Å². The SMILES string of the molecule is CCc1cc(OCC[C@H](C)Oc2ccc(C(F)(F)F)cc2Oc2ccccc2)ccc1SCC(=O)O. The number of carboxylic acids is 1. The lowest BCUT2D eigenvalue weighted by Crippen LogP contribution is -2.16. The molecule has 1 N–H and O–H groups in total. The van der Waals surface area contributed by atoms with Crippen LogP contribution in [0.3, 0.4) is 0 Å². The molecule has 0 saturated heterocycles. The number of hydrogen-bond donors (Lipinski definition) is 1. The fourth-order valence-electron chi connectivity index (χ4n) is 3.30. The van der Waals surface area contributed by atoms with E-state index in [-0.39, 0.29) is 23.4 Å². The molecular formula is C27H27F3O5S. The molecule has 5 nitrogen and oxygen atoms in total. The van der Waals surface area contributed by atoms with Crippen LogP contribution in [0.1, 0.15) is 31.4 Å². The summed E-state index contributed by atoms with van der Waals surface area (Å²) in [5.74, 6) is 0.345. The maximum atomic E-state index is 13.2. The minimum absolute atomic E-state index is 0.0119. The fraction of sp³-hybridized carbons (Fsp3) is 0.296. The number of benzene rings is 3. The van der Waals surface area contributed by atoms with Crippen LogP contribution >= 0.6 is 11.8 Å². The Labute approximate surface area is 212 Å². The van der Waals surface area contributed by atoms with Crippen molar-refractivity contribution in [3.8, 4) is 23.0 Å². The van der Waals surface area contributed by atoms with Crippen LogP contribution in [-0.2, 0) is 17.4 Å². The highest BCUT2D eigenvalue weighted by Crippen LogP contribution is 2.39. The second kappa shape index (κ2) is 12.6. The first-order chi connectivity index (χ1) is 17.2. The summed E-state index contributed by atoms with van der Waals surface area (Å²) in [7, 11) is 0. The maximum absolute atomic E-state index is 13.2. The molecule has 3 aromatic carbocycles. The van der Waals surface area contributed by atoms with E-state index in [0.29, 0.717) is 24.5 Å². The van der Waals surface area contributed by atoms with E-state index in [1.807, 2.05) is 19.1 Å². The van der Waals surface area contributed by atoms with Crippen molar-refractivity contribution in [2.75, 3.05) is 12.4 Å². The zero-order chi connectivity index (χ0) is 26.1. The van der Waals surface area contributed by atoms with E-state index in [4.69, 9.17) is 19.3 Å². The molecule has 0 fully saturated rings. The van der Waals surface area contributed by atoms with E-state index < -0.39 is 17.7 Å². The smallest absolute Gasteiger partial charge is 0.416 e. The Kier molecular flexibility index (Phi) is 9.52. The molecule has 0 aromatic heterocycles. The molecule has 0 aliphatic heterocycles. The third-order valence-corrected chi connectivity index (χ3v) is 6.23. The first-order valence-electron chi connectivity index (χ1n) is 11.4. The minimum Gasteiger partial charge on any atom is -0.493 e. The Bertz CT molecular complexity index is 1150. The lowest BCUT2D eigenvalue weighted by atomic mass is 10.1. The predicted molar refractivity (Wildman–Crippen MR) is 132 cm³/mol. The number of rotatable bonds is 12. The summed E-state index contributed by atoms with van der Waals surface area (Å²) in [4.78, 5) is 11.7. The third kappa shape index (κ3) is 8.12. The topological polar surface area (TPSA) is 65.0 Å². The lowest BCUT2D eigenvalue weighted by molar-refractivity contribution is -0.137. The summed E-state index contributed by atoms with van der Waals surface area (Å²) < 4.78 is 57.2. The van der Waals surface area contributed by atoms with Crippen molar-refractivity contribution < 1.29 is 37.3 Å². The van der Waals surface area contributed by atoms with E-state index in [0.717, 1.165) is 29.0 Å². The van der Waals surface area contributed by atoms with E-state index in [1.54, 1.807) is 43.3 Å². The van der Waals surface area contributed by atoms with Crippen LogP contribution in [0.15, 0.2) is 71.6 Å². The Balaban J connectivity index is 1.63. The van der Waals surface area contributed by atoms with Crippen LogP contribution in [0.4, 0.5) is 13.2 Å². The van der Waals surface area contributed by atoms with Crippen molar-refractivity contribution >= 4 is 17.7 Å². The molecule has 0 spiro atoms. The molecule has 192 valence electrons. The fourth-order valence-corrected chi connectivity index (χ4v) is 4.13. The van der Waals surface area contributed by atoms with Gasteiger partial charge in [-0.25, -0.2) is 0 Å². The third-order valence-electron chi connectivity index (χ3n) is 5.13. The van der Waals surface area contributed by atoms with Crippen molar-refractivity contribution in [1.82, 2.24) is 0 Å². The van der Waals surface area contributed by atoms with Gasteiger partial charge in [0.2, 0.25) is 0 Å². The molecule has 3 aromatic rings. The van der Waals surface area contributed by atoms with Crippen molar-refractivity contribution in [2.24, 2.45) is 0 Å². The Morgan fingerprint density at radius 1 is 1.00 bits per heavy atom. The van der Waals surface area contributed by atoms with Crippen molar-refractivity contribution in [3.63, 3.8) is 0 Å². The number of hydrogen-bond acceptors (Lipinski definition) is 5. The summed E-state index contributed by atoms with van der Waals surface area (Å²) in [5, 5.41) is 8.89. The monoisotopic (exact) mass is 520 g/mol. The van der Waals surface area contributed by atoms with E-state index in [1.165, 1.54) is 17.8 Å². The van der Waals surface area contributed by atoms with Crippen LogP contribution in [-0.4, -0.2) is 29.5 Å². The van der Waals surface area contributed by atoms with Gasteiger partial charge in [0, 0.05) is 11.3 Å². The molecule has 1 atom stereocenters. The van der Waals surface area contributed by atoms with Crippen molar-refractivity contribution in [3.05, 3.63) is 77.9 Å². The van der Waals surface area contributed by atoms with E-state index in [2.05, 4.69) is 0 Å². The van der Waals surface area contributed by atoms with E-state index in [9.17, 15) is 18.0 Å². The summed E-state index contributed by atoms with van der Waals surface area (Å²) >= 11 is 1.27. The largest absolute Gasteiger partial charge is 0.493 e. The molecular weight excluding hydrogens is 493 g/mol. The summed E-state index contributed by atoms with van der Waals surface area (Å²) in [6, 6.07) is 17.2. The zero-order valence-corrected chi connectivity index (χ0v) is 20.7. The number of para-hydroxylation sites is 1. The van der Waals surface area contributed by atoms with Crippen molar-refractivity contribution in [1.29, 1.82) is 0 Å². The number of carboxylic acid groups (broad SMARTS) is 1. The summed E-state index contributed by atoms with van der Waals surface area (Å²) in [6.07, 6.45) is -3.67. The van der Waals surface area contributed by atoms with Gasteiger partial charge in [0.05, 0.1) is 24.0 Å². The average Bonchev–Trinajstić information content (AvgIpc) is 2.84. The molecule has 0 unspecified atom stereocenters. The number of aliphatic carboxylic acids is 1. The predicted octanol–water partition coefficient (Wildman–Crippen LogP) is 7.47. The maximum Gasteiger partial charge on any atom is 0.416 e. The normalized spacial score (nSPS) is 12.1. The van der Waals surface area contributed by atoms with Crippen LogP contribution in [0.2, 0.25) is 0 Å². The minimum atomic E-state index is -4.51. The molecule has 0 radical (unpaired) electrons. The van der Waals surface area contributed by atoms with Crippen molar-refractivity contribution in [2.45, 2.75) is 43.9 Å². The molecule has 0 saturated carbocycles. The van der Waals surface area contributed by atoms with Gasteiger partial charge in [-0.3, -0.25) is 4.79 Å². The van der Waals surface area contributed by atoms with Crippen LogP contribution in [0.5, 0.6) is 23.0 Å². The van der Waals surface area contributed by atoms with E-state index >= 15 is 0 Å². The van der Waals surface area contributed by atoms with Gasteiger partial charge in [0.25, 0.3) is 0 Å². The van der Waals surface area contributed by atoms with Gasteiger partial charge < -0.3 is 19.3 Å². The molecule has 0 aliphatic carbocycles. The highest BCUT2D eigenvalue weighted by Gasteiger charge is 2.31. The second-order valence-corrected chi connectivity index (χ2v) is 8.96. The Hall–Kier alpha value is -3.33. The molecule has 0 amide bonds. The number of alkyl halides is 3. The standard InChI is InChI=1S/C27H27F3O5S/c1-3-19-15-22(10-12-25(19)36-17-26(31)32)33-14-13-18(2)34-23-11-9-20(27(28,29)30)16-24(23)35-21-7-5-4-6-8-21/h4-12,15-16,18H,3,13-14,17H2,1-2H3,(H,31,32)/t18-/m0/s1. The number of carbonyl (C=O) groups is 1. The van der Waals surface area contributed by atoms with Gasteiger partial charge in [-0.2, -0.15) is 13.2 Å². The van der Waals surface area contributed by atoms with Gasteiger partial charge in [-0.05, 0) is 67.4 Å². The number of aryl methyl sites for hydroxylation is 1. The van der Waals surface area contributed by atoms with Crippen LogP contribution < -0.4 is 14.2 Å². The van der Waals surface area contributed by atoms with Gasteiger partial charge >= 0.3 is 12.1 Å². The molecule has 0 heterocycles. The van der Waals surface area contributed by atoms with Gasteiger partial charge in [-0.15, -0.1) is 11.8 Å². The molecule has 0 aliphatic rings. The molecule has 36 heavy (non-hydrogen) atoms. The first-order valence-corrected chi connectivity index (χ1v) is 12.4. The second-order valence-electron chi connectivity index (χ2n) is 7.95. The zero-order valence-electron chi connectivity index (χ0n) is 19.9. The highest BCUT2D eigenvalue weighted by molar-refractivity contribution is 8.00. The Morgan fingerprint density at radius 2 is 1.75 bits per heavy atom. The number of thioether (sulfide) groups is 1. The summed E-state index contributed by atoms with van der Waals surface area (Å²) in [5.41, 5.74) is 0.170. The first kappa shape index (κ1) is 27.3. The van der Waals surface area contributed by atoms with Gasteiger partial charge in [-0.1, -0.05) is 25.1 Å². The molecule has 3 rings (SSSR count).